The maximum Gasteiger partial charge on any atom is 0.513 e. The van der Waals surface area contributed by atoms with Crippen LogP contribution in [0.1, 0.15) is 22.7 Å². The minimum Gasteiger partial charge on any atom is -0.437 e. The summed E-state index contributed by atoms with van der Waals surface area (Å²) in [5, 5.41) is 6.96. The van der Waals surface area contributed by atoms with Crippen LogP contribution in [0.3, 0.4) is 0 Å². The Balaban J connectivity index is 1.45. The van der Waals surface area contributed by atoms with Crippen molar-refractivity contribution in [3.63, 3.8) is 0 Å². The number of nitrogens with one attached hydrogen (secondary N) is 2. The minimum absolute atomic E-state index is 0.0432. The number of morpholine rings is 1. The third-order valence-corrected chi connectivity index (χ3v) is 7.89. The molecule has 0 spiro atoms. The first-order chi connectivity index (χ1) is 17.8. The lowest BCUT2D eigenvalue weighted by atomic mass is 9.95. The van der Waals surface area contributed by atoms with Gasteiger partial charge in [-0.05, 0) is 30.7 Å². The van der Waals surface area contributed by atoms with E-state index in [1.807, 2.05) is 0 Å². The summed E-state index contributed by atoms with van der Waals surface area (Å²) in [6, 6.07) is 4.51. The molecular formula is C23H26N6O7S. The Morgan fingerprint density at radius 3 is 2.84 bits per heavy atom. The molecule has 14 heteroatoms. The van der Waals surface area contributed by atoms with Crippen LogP contribution in [-0.2, 0) is 24.3 Å². The molecule has 0 bridgehead atoms. The molecule has 2 aromatic heterocycles. The molecule has 3 aromatic rings. The second-order valence-corrected chi connectivity index (χ2v) is 10.4. The van der Waals surface area contributed by atoms with Gasteiger partial charge in [0, 0.05) is 37.4 Å². The summed E-state index contributed by atoms with van der Waals surface area (Å²) < 4.78 is 45.3. The van der Waals surface area contributed by atoms with E-state index < -0.39 is 22.1 Å². The van der Waals surface area contributed by atoms with E-state index in [9.17, 15) is 18.0 Å². The van der Waals surface area contributed by atoms with Gasteiger partial charge < -0.3 is 19.5 Å². The summed E-state index contributed by atoms with van der Waals surface area (Å²) >= 11 is 0. The van der Waals surface area contributed by atoms with Crippen LogP contribution in [0.25, 0.3) is 5.52 Å². The standard InChI is InChI=1S/C23H26N6O7S/c1-14-18(36-23(31)34-2)12-29-21(14)20(24-13-25-29)19-16-11-15(3-4-17(16)27-22(19)30)37(32,33)26-5-6-28-7-9-35-10-8-28/h3-4,11-13,19,26H,5-10H2,1-2H3,(H,27,30). The molecule has 0 radical (unpaired) electrons. The first-order valence-corrected chi connectivity index (χ1v) is 13.1. The molecule has 13 nitrogen and oxygen atoms in total. The molecule has 0 saturated carbocycles. The lowest BCUT2D eigenvalue weighted by molar-refractivity contribution is -0.116. The molecule has 1 saturated heterocycles. The van der Waals surface area contributed by atoms with E-state index in [2.05, 4.69) is 29.8 Å². The Bertz CT molecular complexity index is 1470. The molecule has 2 N–H and O–H groups in total. The fraction of sp³-hybridized carbons (Fsp3) is 0.391. The van der Waals surface area contributed by atoms with Gasteiger partial charge in [0.1, 0.15) is 12.2 Å². The Hall–Kier alpha value is -3.59. The largest absolute Gasteiger partial charge is 0.513 e. The monoisotopic (exact) mass is 530 g/mol. The number of carbonyl (C=O) groups is 2. The Morgan fingerprint density at radius 2 is 2.08 bits per heavy atom. The van der Waals surface area contributed by atoms with Crippen LogP contribution in [0.2, 0.25) is 0 Å². The average molecular weight is 531 g/mol. The van der Waals surface area contributed by atoms with E-state index in [1.54, 1.807) is 13.0 Å². The molecule has 196 valence electrons. The van der Waals surface area contributed by atoms with Gasteiger partial charge in [0.05, 0.1) is 42.6 Å². The van der Waals surface area contributed by atoms with Gasteiger partial charge in [-0.1, -0.05) is 0 Å². The maximum atomic E-state index is 13.1. The van der Waals surface area contributed by atoms with Gasteiger partial charge in [-0.15, -0.1) is 0 Å². The zero-order chi connectivity index (χ0) is 26.2. The minimum atomic E-state index is -3.83. The molecule has 37 heavy (non-hydrogen) atoms. The number of aromatic nitrogens is 3. The second kappa shape index (κ2) is 10.0. The third-order valence-electron chi connectivity index (χ3n) is 6.43. The van der Waals surface area contributed by atoms with E-state index in [1.165, 1.54) is 36.3 Å². The molecule has 1 fully saturated rings. The lowest BCUT2D eigenvalue weighted by Gasteiger charge is -2.26. The lowest BCUT2D eigenvalue weighted by Crippen LogP contribution is -2.41. The molecule has 5 rings (SSSR count). The molecule has 1 amide bonds. The first-order valence-electron chi connectivity index (χ1n) is 11.6. The summed E-state index contributed by atoms with van der Waals surface area (Å²) in [7, 11) is -2.63. The molecule has 2 aliphatic heterocycles. The SMILES string of the molecule is COC(=O)Oc1cn2ncnc(C3C(=O)Nc4ccc(S(=O)(=O)NCCN5CCOCC5)cc43)c2c1C. The molecule has 1 aromatic carbocycles. The van der Waals surface area contributed by atoms with Crippen LogP contribution in [0, 0.1) is 6.92 Å². The van der Waals surface area contributed by atoms with Crippen molar-refractivity contribution in [1.82, 2.24) is 24.2 Å². The quantitative estimate of drug-likeness (QED) is 0.421. The van der Waals surface area contributed by atoms with Crippen LogP contribution in [0.15, 0.2) is 35.6 Å². The Kier molecular flexibility index (Phi) is 6.81. The number of sulfonamides is 1. The van der Waals surface area contributed by atoms with Gasteiger partial charge in [0.25, 0.3) is 0 Å². The fourth-order valence-corrected chi connectivity index (χ4v) is 5.59. The van der Waals surface area contributed by atoms with E-state index in [-0.39, 0.29) is 23.1 Å². The van der Waals surface area contributed by atoms with Gasteiger partial charge in [-0.25, -0.2) is 27.4 Å². The number of ether oxygens (including phenoxy) is 3. The van der Waals surface area contributed by atoms with Crippen molar-refractivity contribution < 1.29 is 32.2 Å². The van der Waals surface area contributed by atoms with E-state index in [4.69, 9.17) is 9.47 Å². The number of hydrogen-bond donors (Lipinski definition) is 2. The Morgan fingerprint density at radius 1 is 1.30 bits per heavy atom. The highest BCUT2D eigenvalue weighted by Crippen LogP contribution is 2.40. The number of hydrogen-bond acceptors (Lipinski definition) is 10. The number of benzene rings is 1. The fourth-order valence-electron chi connectivity index (χ4n) is 4.54. The average Bonchev–Trinajstić information content (AvgIpc) is 3.39. The second-order valence-electron chi connectivity index (χ2n) is 8.64. The number of carbonyl (C=O) groups excluding carboxylic acids is 2. The summed E-state index contributed by atoms with van der Waals surface area (Å²) in [6.07, 6.45) is 1.87. The number of amides is 1. The van der Waals surface area contributed by atoms with Crippen molar-refractivity contribution in [2.45, 2.75) is 17.7 Å². The van der Waals surface area contributed by atoms with Gasteiger partial charge in [0.15, 0.2) is 5.75 Å². The zero-order valence-corrected chi connectivity index (χ0v) is 21.1. The summed E-state index contributed by atoms with van der Waals surface area (Å²) in [6.45, 7) is 5.30. The normalized spacial score (nSPS) is 18.0. The molecule has 1 atom stereocenters. The molecule has 1 unspecified atom stereocenters. The highest BCUT2D eigenvalue weighted by molar-refractivity contribution is 7.89. The van der Waals surface area contributed by atoms with Crippen molar-refractivity contribution in [2.75, 3.05) is 51.8 Å². The third kappa shape index (κ3) is 4.87. The van der Waals surface area contributed by atoms with E-state index in [0.717, 1.165) is 13.1 Å². The zero-order valence-electron chi connectivity index (χ0n) is 20.3. The van der Waals surface area contributed by atoms with Crippen molar-refractivity contribution in [2.24, 2.45) is 0 Å². The topological polar surface area (TPSA) is 153 Å². The number of methoxy groups -OCH3 is 1. The van der Waals surface area contributed by atoms with Crippen LogP contribution >= 0.6 is 0 Å². The smallest absolute Gasteiger partial charge is 0.437 e. The van der Waals surface area contributed by atoms with E-state index >= 15 is 0 Å². The number of aryl methyl sites for hydroxylation is 1. The maximum absolute atomic E-state index is 13.1. The first kappa shape index (κ1) is 25.1. The van der Waals surface area contributed by atoms with Crippen LogP contribution in [0.4, 0.5) is 10.5 Å². The predicted octanol–water partition coefficient (Wildman–Crippen LogP) is 0.877. The molecular weight excluding hydrogens is 504 g/mol. The summed E-state index contributed by atoms with van der Waals surface area (Å²) in [5.41, 5.74) is 2.30. The van der Waals surface area contributed by atoms with Gasteiger partial charge >= 0.3 is 6.16 Å². The number of rotatable bonds is 7. The van der Waals surface area contributed by atoms with Crippen molar-refractivity contribution in [3.05, 3.63) is 47.5 Å². The van der Waals surface area contributed by atoms with Crippen LogP contribution in [0.5, 0.6) is 5.75 Å². The molecule has 2 aliphatic rings. The van der Waals surface area contributed by atoms with Crippen LogP contribution in [-0.4, -0.2) is 86.5 Å². The van der Waals surface area contributed by atoms with E-state index in [0.29, 0.717) is 47.8 Å². The van der Waals surface area contributed by atoms with Gasteiger partial charge in [0.2, 0.25) is 15.9 Å². The highest BCUT2D eigenvalue weighted by atomic mass is 32.2. The molecule has 4 heterocycles. The number of anilines is 1. The predicted molar refractivity (Wildman–Crippen MR) is 130 cm³/mol. The van der Waals surface area contributed by atoms with Gasteiger partial charge in [-0.2, -0.15) is 5.10 Å². The highest BCUT2D eigenvalue weighted by Gasteiger charge is 2.36. The van der Waals surface area contributed by atoms with Gasteiger partial charge in [-0.3, -0.25) is 9.69 Å². The van der Waals surface area contributed by atoms with Crippen molar-refractivity contribution in [1.29, 1.82) is 0 Å². The van der Waals surface area contributed by atoms with Crippen molar-refractivity contribution in [3.8, 4) is 5.75 Å². The van der Waals surface area contributed by atoms with Crippen molar-refractivity contribution >= 4 is 33.3 Å². The Labute approximate surface area is 212 Å². The van der Waals surface area contributed by atoms with Crippen LogP contribution < -0.4 is 14.8 Å². The summed E-state index contributed by atoms with van der Waals surface area (Å²) in [4.78, 5) is 31.2. The number of fused-ring (bicyclic) bond motifs is 2. The number of nitrogens with zero attached hydrogens (tertiary/aromatic N) is 4. The summed E-state index contributed by atoms with van der Waals surface area (Å²) in [5.74, 6) is -1.06. The molecule has 0 aliphatic carbocycles.